The summed E-state index contributed by atoms with van der Waals surface area (Å²) in [5.74, 6) is 0. The predicted molar refractivity (Wildman–Crippen MR) is 38.9 cm³/mol. The van der Waals surface area contributed by atoms with E-state index in [2.05, 4.69) is 0 Å². The smallest absolute Gasteiger partial charge is 0.404 e. The third kappa shape index (κ3) is 2.38. The fourth-order valence-corrected chi connectivity index (χ4v) is 1.36. The number of hydrogen-bond acceptors (Lipinski definition) is 3. The van der Waals surface area contributed by atoms with Gasteiger partial charge in [0.2, 0.25) is 0 Å². The highest BCUT2D eigenvalue weighted by Crippen LogP contribution is 2.20. The zero-order valence-corrected chi connectivity index (χ0v) is 6.32. The summed E-state index contributed by atoms with van der Waals surface area (Å²) in [6.07, 6.45) is 1.74. The third-order valence-electron chi connectivity index (χ3n) is 1.94. The lowest BCUT2D eigenvalue weighted by molar-refractivity contribution is -0.0181. The van der Waals surface area contributed by atoms with E-state index in [0.717, 1.165) is 19.3 Å². The van der Waals surface area contributed by atoms with E-state index in [9.17, 15) is 9.90 Å². The van der Waals surface area contributed by atoms with Crippen molar-refractivity contribution in [1.29, 1.82) is 0 Å². The third-order valence-corrected chi connectivity index (χ3v) is 1.94. The molecule has 0 saturated heterocycles. The molecule has 0 aliphatic heterocycles. The van der Waals surface area contributed by atoms with E-state index in [4.69, 9.17) is 10.5 Å². The molecule has 1 fully saturated rings. The van der Waals surface area contributed by atoms with Gasteiger partial charge in [0.1, 0.15) is 6.10 Å². The van der Waals surface area contributed by atoms with Crippen LogP contribution < -0.4 is 5.73 Å². The number of hydrogen-bond donors (Lipinski definition) is 2. The van der Waals surface area contributed by atoms with Crippen LogP contribution in [0.4, 0.5) is 4.79 Å². The first-order valence-electron chi connectivity index (χ1n) is 3.84. The van der Waals surface area contributed by atoms with E-state index in [-0.39, 0.29) is 6.10 Å². The minimum Gasteiger partial charge on any atom is -0.444 e. The molecule has 2 atom stereocenters. The van der Waals surface area contributed by atoms with Crippen molar-refractivity contribution in [2.24, 2.45) is 5.73 Å². The molecule has 0 aromatic rings. The van der Waals surface area contributed by atoms with Gasteiger partial charge in [0, 0.05) is 0 Å². The number of ether oxygens (including phenoxy) is 1. The van der Waals surface area contributed by atoms with E-state index in [1.165, 1.54) is 0 Å². The van der Waals surface area contributed by atoms with Gasteiger partial charge < -0.3 is 15.6 Å². The Balaban J connectivity index is 2.35. The van der Waals surface area contributed by atoms with Gasteiger partial charge in [-0.1, -0.05) is 6.42 Å². The molecule has 1 saturated carbocycles. The summed E-state index contributed by atoms with van der Waals surface area (Å²) in [6, 6.07) is 0. The first kappa shape index (κ1) is 8.33. The molecule has 0 heterocycles. The molecule has 1 amide bonds. The van der Waals surface area contributed by atoms with Crippen LogP contribution in [0.1, 0.15) is 25.7 Å². The average molecular weight is 159 g/mol. The van der Waals surface area contributed by atoms with Crippen molar-refractivity contribution < 1.29 is 14.6 Å². The highest BCUT2D eigenvalue weighted by Gasteiger charge is 2.25. The van der Waals surface area contributed by atoms with Crippen molar-refractivity contribution in [2.45, 2.75) is 37.9 Å². The Bertz CT molecular complexity index is 149. The second-order valence-electron chi connectivity index (χ2n) is 2.83. The van der Waals surface area contributed by atoms with Gasteiger partial charge in [-0.3, -0.25) is 0 Å². The molecule has 0 aromatic carbocycles. The number of primary amides is 1. The number of amides is 1. The number of nitrogens with two attached hydrogens (primary N) is 1. The van der Waals surface area contributed by atoms with Crippen LogP contribution in [0.2, 0.25) is 0 Å². The lowest BCUT2D eigenvalue weighted by Crippen LogP contribution is -2.35. The Morgan fingerprint density at radius 2 is 2.09 bits per heavy atom. The van der Waals surface area contributed by atoms with Crippen LogP contribution >= 0.6 is 0 Å². The van der Waals surface area contributed by atoms with E-state index < -0.39 is 12.2 Å². The Hall–Kier alpha value is -0.770. The number of carbonyl (C=O) groups excluding carboxylic acids is 1. The second-order valence-corrected chi connectivity index (χ2v) is 2.83. The lowest BCUT2D eigenvalue weighted by atomic mass is 9.95. The monoisotopic (exact) mass is 159 g/mol. The number of carbonyl (C=O) groups is 1. The normalized spacial score (nSPS) is 31.4. The van der Waals surface area contributed by atoms with E-state index in [1.807, 2.05) is 0 Å². The quantitative estimate of drug-likeness (QED) is 0.581. The van der Waals surface area contributed by atoms with Gasteiger partial charge in [0.25, 0.3) is 0 Å². The molecule has 0 unspecified atom stereocenters. The Kier molecular flexibility index (Phi) is 2.70. The molecule has 4 heteroatoms. The van der Waals surface area contributed by atoms with Crippen LogP contribution in [0.5, 0.6) is 0 Å². The summed E-state index contributed by atoms with van der Waals surface area (Å²) < 4.78 is 4.69. The Labute approximate surface area is 65.3 Å². The van der Waals surface area contributed by atoms with Gasteiger partial charge in [-0.25, -0.2) is 4.79 Å². The fourth-order valence-electron chi connectivity index (χ4n) is 1.36. The maximum Gasteiger partial charge on any atom is 0.404 e. The van der Waals surface area contributed by atoms with E-state index >= 15 is 0 Å². The maximum atomic E-state index is 10.3. The number of rotatable bonds is 1. The van der Waals surface area contributed by atoms with Gasteiger partial charge in [-0.05, 0) is 19.3 Å². The van der Waals surface area contributed by atoms with Crippen LogP contribution in [0.15, 0.2) is 0 Å². The van der Waals surface area contributed by atoms with Gasteiger partial charge in [-0.15, -0.1) is 0 Å². The van der Waals surface area contributed by atoms with Gasteiger partial charge in [0.05, 0.1) is 6.10 Å². The van der Waals surface area contributed by atoms with Crippen molar-refractivity contribution in [3.8, 4) is 0 Å². The summed E-state index contributed by atoms with van der Waals surface area (Å²) in [4.78, 5) is 10.3. The summed E-state index contributed by atoms with van der Waals surface area (Å²) in [5.41, 5.74) is 4.81. The standard InChI is InChI=1S/C7H13NO3/c8-7(10)11-6-4-2-1-3-5(6)9/h5-6,9H,1-4H2,(H2,8,10)/t5-,6-/m1/s1. The van der Waals surface area contributed by atoms with Crippen LogP contribution in [-0.4, -0.2) is 23.4 Å². The molecule has 11 heavy (non-hydrogen) atoms. The number of aliphatic hydroxyl groups is 1. The topological polar surface area (TPSA) is 72.6 Å². The first-order valence-corrected chi connectivity index (χ1v) is 3.84. The summed E-state index contributed by atoms with van der Waals surface area (Å²) >= 11 is 0. The molecule has 0 bridgehead atoms. The molecule has 4 nitrogen and oxygen atoms in total. The van der Waals surface area contributed by atoms with E-state index in [0.29, 0.717) is 6.42 Å². The van der Waals surface area contributed by atoms with Crippen LogP contribution in [-0.2, 0) is 4.74 Å². The summed E-state index contributed by atoms with van der Waals surface area (Å²) in [7, 11) is 0. The lowest BCUT2D eigenvalue weighted by Gasteiger charge is -2.26. The minimum absolute atomic E-state index is 0.374. The number of aliphatic hydroxyl groups excluding tert-OH is 1. The zero-order valence-electron chi connectivity index (χ0n) is 6.32. The molecule has 0 spiro atoms. The fraction of sp³-hybridized carbons (Fsp3) is 0.857. The largest absolute Gasteiger partial charge is 0.444 e. The Morgan fingerprint density at radius 3 is 2.64 bits per heavy atom. The molecule has 0 aromatic heterocycles. The van der Waals surface area contributed by atoms with E-state index in [1.54, 1.807) is 0 Å². The van der Waals surface area contributed by atoms with Crippen molar-refractivity contribution in [3.63, 3.8) is 0 Å². The highest BCUT2D eigenvalue weighted by molar-refractivity contribution is 5.64. The van der Waals surface area contributed by atoms with Gasteiger partial charge in [-0.2, -0.15) is 0 Å². The van der Waals surface area contributed by atoms with Crippen molar-refractivity contribution in [3.05, 3.63) is 0 Å². The van der Waals surface area contributed by atoms with Crippen molar-refractivity contribution >= 4 is 6.09 Å². The first-order chi connectivity index (χ1) is 5.20. The van der Waals surface area contributed by atoms with Gasteiger partial charge >= 0.3 is 6.09 Å². The highest BCUT2D eigenvalue weighted by atomic mass is 16.6. The molecular formula is C7H13NO3. The Morgan fingerprint density at radius 1 is 1.45 bits per heavy atom. The molecular weight excluding hydrogens is 146 g/mol. The second kappa shape index (κ2) is 3.57. The van der Waals surface area contributed by atoms with Crippen molar-refractivity contribution in [1.82, 2.24) is 0 Å². The van der Waals surface area contributed by atoms with Gasteiger partial charge in [0.15, 0.2) is 0 Å². The zero-order chi connectivity index (χ0) is 8.27. The average Bonchev–Trinajstić information content (AvgIpc) is 1.93. The molecule has 1 rings (SSSR count). The summed E-state index contributed by atoms with van der Waals surface area (Å²) in [6.45, 7) is 0. The SMILES string of the molecule is NC(=O)O[C@@H]1CCCC[C@H]1O. The molecule has 64 valence electrons. The molecule has 3 N–H and O–H groups in total. The molecule has 1 aliphatic carbocycles. The van der Waals surface area contributed by atoms with Crippen LogP contribution in [0, 0.1) is 0 Å². The van der Waals surface area contributed by atoms with Crippen LogP contribution in [0.25, 0.3) is 0 Å². The van der Waals surface area contributed by atoms with Crippen LogP contribution in [0.3, 0.4) is 0 Å². The van der Waals surface area contributed by atoms with Crippen molar-refractivity contribution in [2.75, 3.05) is 0 Å². The minimum atomic E-state index is -0.795. The maximum absolute atomic E-state index is 10.3. The predicted octanol–water partition coefficient (Wildman–Crippen LogP) is 0.385. The summed E-state index contributed by atoms with van der Waals surface area (Å²) in [5, 5.41) is 9.29. The molecule has 1 aliphatic rings. The molecule has 0 radical (unpaired) electrons.